The number of allylic oxidation sites excluding steroid dienone is 5. The molecule has 2 rings (SSSR count). The lowest BCUT2D eigenvalue weighted by molar-refractivity contribution is 0.549. The van der Waals surface area contributed by atoms with Gasteiger partial charge in [0.1, 0.15) is 11.5 Å². The molecule has 0 bridgehead atoms. The van der Waals surface area contributed by atoms with Crippen LogP contribution in [-0.4, -0.2) is 4.98 Å². The minimum absolute atomic E-state index is 0.195. The van der Waals surface area contributed by atoms with Gasteiger partial charge in [-0.25, -0.2) is 0 Å². The minimum atomic E-state index is 0.195. The van der Waals surface area contributed by atoms with Gasteiger partial charge in [-0.2, -0.15) is 4.98 Å². The Morgan fingerprint density at radius 1 is 1.40 bits per heavy atom. The fourth-order valence-corrected chi connectivity index (χ4v) is 2.06. The maximum atomic E-state index is 5.60. The van der Waals surface area contributed by atoms with Gasteiger partial charge in [-0.05, 0) is 31.1 Å². The second-order valence-corrected chi connectivity index (χ2v) is 4.38. The second-order valence-electron chi connectivity index (χ2n) is 4.38. The fourth-order valence-electron chi connectivity index (χ4n) is 2.06. The van der Waals surface area contributed by atoms with E-state index in [-0.39, 0.29) is 6.01 Å². The Balaban J connectivity index is 2.44. The largest absolute Gasteiger partial charge is 0.429 e. The molecule has 3 nitrogen and oxygen atoms in total. The molecule has 2 N–H and O–H groups in total. The van der Waals surface area contributed by atoms with Crippen molar-refractivity contribution in [2.75, 3.05) is 5.73 Å². The van der Waals surface area contributed by atoms with E-state index in [1.807, 2.05) is 38.1 Å². The van der Waals surface area contributed by atoms with Gasteiger partial charge in [-0.3, -0.25) is 0 Å². The van der Waals surface area contributed by atoms with Crippen molar-refractivity contribution in [3.63, 3.8) is 0 Å². The first-order valence-electron chi connectivity index (χ1n) is 6.45. The third-order valence-electron chi connectivity index (χ3n) is 3.01. The zero-order valence-electron chi connectivity index (χ0n) is 11.8. The number of oxazole rings is 1. The first kappa shape index (κ1) is 13.9. The van der Waals surface area contributed by atoms with Crippen molar-refractivity contribution in [2.45, 2.75) is 13.8 Å². The molecule has 0 aliphatic heterocycles. The first-order chi connectivity index (χ1) is 9.65. The number of aryl methyl sites for hydroxylation is 1. The van der Waals surface area contributed by atoms with Crippen LogP contribution in [0.25, 0.3) is 16.8 Å². The van der Waals surface area contributed by atoms with E-state index in [4.69, 9.17) is 10.2 Å². The van der Waals surface area contributed by atoms with Crippen LogP contribution in [0.5, 0.6) is 0 Å². The molecule has 0 aliphatic rings. The summed E-state index contributed by atoms with van der Waals surface area (Å²) in [7, 11) is 0. The molecular formula is C17H18N2O. The zero-order chi connectivity index (χ0) is 14.5. The van der Waals surface area contributed by atoms with Crippen LogP contribution >= 0.6 is 0 Å². The smallest absolute Gasteiger partial charge is 0.292 e. The van der Waals surface area contributed by atoms with Crippen molar-refractivity contribution in [3.05, 3.63) is 66.5 Å². The number of benzene rings is 1. The van der Waals surface area contributed by atoms with Crippen LogP contribution < -0.4 is 5.73 Å². The van der Waals surface area contributed by atoms with Gasteiger partial charge in [-0.15, -0.1) is 0 Å². The molecule has 1 aromatic carbocycles. The van der Waals surface area contributed by atoms with E-state index in [0.29, 0.717) is 0 Å². The lowest BCUT2D eigenvalue weighted by Crippen LogP contribution is -1.86. The van der Waals surface area contributed by atoms with E-state index < -0.39 is 0 Å². The molecule has 1 heterocycles. The molecule has 20 heavy (non-hydrogen) atoms. The maximum absolute atomic E-state index is 5.60. The van der Waals surface area contributed by atoms with Crippen LogP contribution in [-0.2, 0) is 0 Å². The van der Waals surface area contributed by atoms with Crippen LogP contribution in [0.15, 0.2) is 59.6 Å². The second kappa shape index (κ2) is 6.06. The van der Waals surface area contributed by atoms with Crippen molar-refractivity contribution >= 4 is 11.6 Å². The van der Waals surface area contributed by atoms with Gasteiger partial charge < -0.3 is 10.2 Å². The lowest BCUT2D eigenvalue weighted by Gasteiger charge is -2.05. The number of nitrogens with zero attached hydrogens (tertiary/aromatic N) is 1. The number of aromatic nitrogens is 1. The molecule has 0 unspecified atom stereocenters. The van der Waals surface area contributed by atoms with Crippen molar-refractivity contribution in [2.24, 2.45) is 0 Å². The fraction of sp³-hybridized carbons (Fsp3) is 0.118. The van der Waals surface area contributed by atoms with Crippen molar-refractivity contribution in [1.29, 1.82) is 0 Å². The van der Waals surface area contributed by atoms with Crippen LogP contribution in [0.3, 0.4) is 0 Å². The number of nitrogen functional groups attached to an aromatic ring is 1. The van der Waals surface area contributed by atoms with Crippen molar-refractivity contribution in [3.8, 4) is 11.3 Å². The molecular weight excluding hydrogens is 248 g/mol. The highest BCUT2D eigenvalue weighted by Crippen LogP contribution is 2.27. The van der Waals surface area contributed by atoms with Crippen molar-refractivity contribution < 1.29 is 4.42 Å². The summed E-state index contributed by atoms with van der Waals surface area (Å²) in [6, 6.07) is 8.33. The molecule has 3 heteroatoms. The van der Waals surface area contributed by atoms with E-state index in [0.717, 1.165) is 28.2 Å². The standard InChI is InChI=1S/C17H18N2O/c1-4-6-8-13(5-2)14-9-7-10-15(11-14)16-12(3)20-17(18)19-16/h4-11H,1H2,2-3H3,(H2,18,19)/b8-6-,13-5+. The Labute approximate surface area is 119 Å². The van der Waals surface area contributed by atoms with E-state index >= 15 is 0 Å². The van der Waals surface area contributed by atoms with Crippen LogP contribution in [0, 0.1) is 6.92 Å². The molecule has 0 saturated heterocycles. The monoisotopic (exact) mass is 266 g/mol. The SMILES string of the molecule is C=C/C=C\C(=C/C)c1cccc(-c2nc(N)oc2C)c1. The Morgan fingerprint density at radius 2 is 2.20 bits per heavy atom. The Bertz CT molecular complexity index is 678. The van der Waals surface area contributed by atoms with Gasteiger partial charge in [0, 0.05) is 5.56 Å². The highest BCUT2D eigenvalue weighted by atomic mass is 16.4. The van der Waals surface area contributed by atoms with Gasteiger partial charge >= 0.3 is 0 Å². The Hall–Kier alpha value is -2.55. The summed E-state index contributed by atoms with van der Waals surface area (Å²) < 4.78 is 5.29. The van der Waals surface area contributed by atoms with E-state index in [1.165, 1.54) is 0 Å². The molecule has 1 aromatic heterocycles. The molecule has 2 aromatic rings. The predicted octanol–water partition coefficient (Wildman–Crippen LogP) is 4.38. The summed E-state index contributed by atoms with van der Waals surface area (Å²) in [6.45, 7) is 7.56. The average Bonchev–Trinajstić information content (AvgIpc) is 2.79. The van der Waals surface area contributed by atoms with Gasteiger partial charge in [0.05, 0.1) is 0 Å². The summed E-state index contributed by atoms with van der Waals surface area (Å²) in [5.74, 6) is 0.725. The highest BCUT2D eigenvalue weighted by molar-refractivity contribution is 5.77. The zero-order valence-corrected chi connectivity index (χ0v) is 11.8. The van der Waals surface area contributed by atoms with E-state index in [1.54, 1.807) is 6.08 Å². The van der Waals surface area contributed by atoms with Gasteiger partial charge in [0.15, 0.2) is 0 Å². The van der Waals surface area contributed by atoms with Crippen LogP contribution in [0.1, 0.15) is 18.2 Å². The Morgan fingerprint density at radius 3 is 2.80 bits per heavy atom. The normalized spacial score (nSPS) is 12.0. The summed E-state index contributed by atoms with van der Waals surface area (Å²) >= 11 is 0. The number of nitrogens with two attached hydrogens (primary N) is 1. The number of hydrogen-bond donors (Lipinski definition) is 1. The third-order valence-corrected chi connectivity index (χ3v) is 3.01. The molecule has 0 radical (unpaired) electrons. The number of hydrogen-bond acceptors (Lipinski definition) is 3. The minimum Gasteiger partial charge on any atom is -0.429 e. The van der Waals surface area contributed by atoms with E-state index in [9.17, 15) is 0 Å². The van der Waals surface area contributed by atoms with Gasteiger partial charge in [0.2, 0.25) is 0 Å². The predicted molar refractivity (Wildman–Crippen MR) is 84.1 cm³/mol. The van der Waals surface area contributed by atoms with Crippen LogP contribution in [0.4, 0.5) is 6.01 Å². The number of anilines is 1. The van der Waals surface area contributed by atoms with Gasteiger partial charge in [0.25, 0.3) is 6.01 Å². The molecule has 0 spiro atoms. The molecule has 0 fully saturated rings. The maximum Gasteiger partial charge on any atom is 0.292 e. The molecule has 0 saturated carbocycles. The molecule has 0 amide bonds. The lowest BCUT2D eigenvalue weighted by atomic mass is 10.0. The van der Waals surface area contributed by atoms with Crippen LogP contribution in [0.2, 0.25) is 0 Å². The van der Waals surface area contributed by atoms with Crippen molar-refractivity contribution in [1.82, 2.24) is 4.98 Å². The molecule has 0 atom stereocenters. The highest BCUT2D eigenvalue weighted by Gasteiger charge is 2.10. The quantitative estimate of drug-likeness (QED) is 0.835. The summed E-state index contributed by atoms with van der Waals surface area (Å²) in [5.41, 5.74) is 9.61. The summed E-state index contributed by atoms with van der Waals surface area (Å²) in [6.07, 6.45) is 7.76. The number of rotatable bonds is 4. The summed E-state index contributed by atoms with van der Waals surface area (Å²) in [5, 5.41) is 0. The summed E-state index contributed by atoms with van der Waals surface area (Å²) in [4.78, 5) is 4.23. The first-order valence-corrected chi connectivity index (χ1v) is 6.45. The van der Waals surface area contributed by atoms with Gasteiger partial charge in [-0.1, -0.05) is 49.1 Å². The molecule has 0 aliphatic carbocycles. The average molecular weight is 266 g/mol. The topological polar surface area (TPSA) is 52.0 Å². The van der Waals surface area contributed by atoms with E-state index in [2.05, 4.69) is 29.8 Å². The third kappa shape index (κ3) is 2.88. The molecule has 102 valence electrons. The Kier molecular flexibility index (Phi) is 4.20.